The van der Waals surface area contributed by atoms with Crippen LogP contribution in [0.1, 0.15) is 44.1 Å². The number of hydrogen-bond acceptors (Lipinski definition) is 4. The van der Waals surface area contributed by atoms with Gasteiger partial charge in [-0.25, -0.2) is 0 Å². The van der Waals surface area contributed by atoms with Gasteiger partial charge in [0.2, 0.25) is 0 Å². The molecule has 1 N–H and O–H groups in total. The van der Waals surface area contributed by atoms with Gasteiger partial charge in [-0.3, -0.25) is 4.79 Å². The van der Waals surface area contributed by atoms with E-state index in [1.54, 1.807) is 0 Å². The summed E-state index contributed by atoms with van der Waals surface area (Å²) in [7, 11) is 0. The zero-order valence-corrected chi connectivity index (χ0v) is 12.1. The molecular weight excluding hydrogens is 270 g/mol. The summed E-state index contributed by atoms with van der Waals surface area (Å²) in [5, 5.41) is 12.8. The number of fused-ring (bicyclic) bond motifs is 1. The van der Waals surface area contributed by atoms with E-state index in [1.165, 1.54) is 0 Å². The van der Waals surface area contributed by atoms with Crippen molar-refractivity contribution in [1.82, 2.24) is 0 Å². The second-order valence-electron chi connectivity index (χ2n) is 5.02. The highest BCUT2D eigenvalue weighted by molar-refractivity contribution is 6.02. The summed E-state index contributed by atoms with van der Waals surface area (Å²) in [6.45, 7) is 1.22. The van der Waals surface area contributed by atoms with Crippen LogP contribution in [0, 0.1) is 0 Å². The van der Waals surface area contributed by atoms with Gasteiger partial charge in [-0.2, -0.15) is 0 Å². The van der Waals surface area contributed by atoms with Crippen LogP contribution in [-0.2, 0) is 9.63 Å². The molecule has 0 bridgehead atoms. The molecule has 0 spiro atoms. The van der Waals surface area contributed by atoms with E-state index in [9.17, 15) is 4.79 Å². The molecule has 0 unspecified atom stereocenters. The van der Waals surface area contributed by atoms with Crippen LogP contribution in [0.2, 0.25) is 0 Å². The van der Waals surface area contributed by atoms with Crippen LogP contribution in [0.15, 0.2) is 29.4 Å². The van der Waals surface area contributed by atoms with Crippen molar-refractivity contribution in [1.29, 1.82) is 0 Å². The molecule has 0 aliphatic carbocycles. The number of ether oxygens (including phenoxy) is 1. The van der Waals surface area contributed by atoms with E-state index in [-0.39, 0.29) is 6.42 Å². The molecule has 1 aromatic rings. The summed E-state index contributed by atoms with van der Waals surface area (Å²) < 4.78 is 5.67. The normalized spacial score (nSPS) is 15.9. The van der Waals surface area contributed by atoms with E-state index < -0.39 is 5.97 Å². The second-order valence-corrected chi connectivity index (χ2v) is 5.02. The van der Waals surface area contributed by atoms with E-state index in [1.807, 2.05) is 24.3 Å². The number of carboxylic acids is 1. The third-order valence-electron chi connectivity index (χ3n) is 3.31. The third-order valence-corrected chi connectivity index (χ3v) is 3.31. The molecular formula is C16H21NO4. The molecule has 5 nitrogen and oxygen atoms in total. The lowest BCUT2D eigenvalue weighted by Gasteiger charge is -2.07. The van der Waals surface area contributed by atoms with Crippen molar-refractivity contribution in [2.75, 3.05) is 13.2 Å². The van der Waals surface area contributed by atoms with Gasteiger partial charge in [0, 0.05) is 12.0 Å². The Morgan fingerprint density at radius 3 is 3.00 bits per heavy atom. The van der Waals surface area contributed by atoms with Gasteiger partial charge in [0.25, 0.3) is 0 Å². The van der Waals surface area contributed by atoms with Gasteiger partial charge in [0.05, 0.1) is 12.3 Å². The van der Waals surface area contributed by atoms with Gasteiger partial charge >= 0.3 is 5.97 Å². The molecule has 1 aliphatic heterocycles. The molecule has 1 heterocycles. The Bertz CT molecular complexity index is 499. The predicted octanol–water partition coefficient (Wildman–Crippen LogP) is 3.22. The second kappa shape index (κ2) is 8.29. The van der Waals surface area contributed by atoms with Crippen LogP contribution >= 0.6 is 0 Å². The summed E-state index contributed by atoms with van der Waals surface area (Å²) >= 11 is 0. The minimum absolute atomic E-state index is 0.221. The number of hydrogen-bond donors (Lipinski definition) is 1. The van der Waals surface area contributed by atoms with Crippen LogP contribution in [0.4, 0.5) is 0 Å². The maximum absolute atomic E-state index is 10.4. The summed E-state index contributed by atoms with van der Waals surface area (Å²) in [6.07, 6.45) is 4.34. The minimum atomic E-state index is -0.744. The quantitative estimate of drug-likeness (QED) is 0.618. The number of para-hydroxylation sites is 1. The first kappa shape index (κ1) is 15.4. The average Bonchev–Trinajstić information content (AvgIpc) is 2.68. The molecule has 0 saturated heterocycles. The Morgan fingerprint density at radius 1 is 1.29 bits per heavy atom. The zero-order valence-electron chi connectivity index (χ0n) is 12.1. The van der Waals surface area contributed by atoms with Crippen LogP contribution in [-0.4, -0.2) is 30.0 Å². The van der Waals surface area contributed by atoms with Crippen molar-refractivity contribution in [3.05, 3.63) is 29.8 Å². The van der Waals surface area contributed by atoms with Gasteiger partial charge in [0.1, 0.15) is 12.4 Å². The lowest BCUT2D eigenvalue weighted by Crippen LogP contribution is -2.02. The van der Waals surface area contributed by atoms with E-state index in [4.69, 9.17) is 14.7 Å². The molecule has 1 aliphatic rings. The maximum Gasteiger partial charge on any atom is 0.303 e. The smallest absolute Gasteiger partial charge is 0.303 e. The summed E-state index contributed by atoms with van der Waals surface area (Å²) in [5.74, 6) is 0.116. The molecule has 0 fully saturated rings. The van der Waals surface area contributed by atoms with Crippen LogP contribution < -0.4 is 4.74 Å². The van der Waals surface area contributed by atoms with Crippen molar-refractivity contribution >= 4 is 11.7 Å². The molecule has 1 aromatic carbocycles. The number of rotatable bonds is 7. The van der Waals surface area contributed by atoms with Crippen molar-refractivity contribution in [3.8, 4) is 5.75 Å². The lowest BCUT2D eigenvalue weighted by atomic mass is 10.1. The Hall–Kier alpha value is -2.04. The van der Waals surface area contributed by atoms with E-state index >= 15 is 0 Å². The molecule has 0 radical (unpaired) electrons. The van der Waals surface area contributed by atoms with Crippen LogP contribution in [0.5, 0.6) is 5.75 Å². The van der Waals surface area contributed by atoms with Crippen molar-refractivity contribution in [3.63, 3.8) is 0 Å². The SMILES string of the molecule is O=C(O)CCCCCO/N=C1\CCCOc2ccccc21. The Labute approximate surface area is 124 Å². The Kier molecular flexibility index (Phi) is 6.06. The predicted molar refractivity (Wildman–Crippen MR) is 79.8 cm³/mol. The molecule has 21 heavy (non-hydrogen) atoms. The number of carboxylic acid groups (broad SMARTS) is 1. The Balaban J connectivity index is 1.80. The van der Waals surface area contributed by atoms with Crippen molar-refractivity contribution in [2.24, 2.45) is 5.16 Å². The first-order valence-electron chi connectivity index (χ1n) is 7.40. The number of nitrogens with zero attached hydrogens (tertiary/aromatic N) is 1. The fourth-order valence-electron chi connectivity index (χ4n) is 2.23. The average molecular weight is 291 g/mol. The maximum atomic E-state index is 10.4. The van der Waals surface area contributed by atoms with Crippen molar-refractivity contribution < 1.29 is 19.5 Å². The molecule has 0 atom stereocenters. The zero-order chi connectivity index (χ0) is 14.9. The topological polar surface area (TPSA) is 68.1 Å². The van der Waals surface area contributed by atoms with Gasteiger partial charge in [0.15, 0.2) is 0 Å². The van der Waals surface area contributed by atoms with Gasteiger partial charge < -0.3 is 14.7 Å². The molecule has 114 valence electrons. The molecule has 0 saturated carbocycles. The number of unbranched alkanes of at least 4 members (excludes halogenated alkanes) is 2. The standard InChI is InChI=1S/C16H21NO4/c18-16(19)10-2-1-5-12-21-17-14-8-6-11-20-15-9-4-3-7-13(14)15/h3-4,7,9H,1-2,5-6,8,10-12H2,(H,18,19)/b17-14+. The molecule has 2 rings (SSSR count). The Morgan fingerprint density at radius 2 is 2.14 bits per heavy atom. The number of carbonyl (C=O) groups is 1. The summed E-state index contributed by atoms with van der Waals surface area (Å²) in [5.41, 5.74) is 1.93. The van der Waals surface area contributed by atoms with Gasteiger partial charge in [-0.15, -0.1) is 0 Å². The van der Waals surface area contributed by atoms with E-state index in [2.05, 4.69) is 5.16 Å². The minimum Gasteiger partial charge on any atom is -0.493 e. The first-order chi connectivity index (χ1) is 10.3. The highest BCUT2D eigenvalue weighted by Crippen LogP contribution is 2.24. The molecule has 0 amide bonds. The first-order valence-corrected chi connectivity index (χ1v) is 7.40. The fraction of sp³-hybridized carbons (Fsp3) is 0.500. The third kappa shape index (κ3) is 5.10. The lowest BCUT2D eigenvalue weighted by molar-refractivity contribution is -0.137. The number of benzene rings is 1. The van der Waals surface area contributed by atoms with E-state index in [0.29, 0.717) is 19.6 Å². The van der Waals surface area contributed by atoms with E-state index in [0.717, 1.165) is 42.7 Å². The van der Waals surface area contributed by atoms with Crippen LogP contribution in [0.3, 0.4) is 0 Å². The highest BCUT2D eigenvalue weighted by Gasteiger charge is 2.14. The van der Waals surface area contributed by atoms with Gasteiger partial charge in [-0.05, 0) is 44.2 Å². The monoisotopic (exact) mass is 291 g/mol. The number of oxime groups is 1. The number of aliphatic carboxylic acids is 1. The molecule has 5 heteroatoms. The van der Waals surface area contributed by atoms with Crippen molar-refractivity contribution in [2.45, 2.75) is 38.5 Å². The summed E-state index contributed by atoms with van der Waals surface area (Å²) in [6, 6.07) is 7.86. The van der Waals surface area contributed by atoms with Crippen LogP contribution in [0.25, 0.3) is 0 Å². The summed E-state index contributed by atoms with van der Waals surface area (Å²) in [4.78, 5) is 15.8. The fourth-order valence-corrected chi connectivity index (χ4v) is 2.23. The highest BCUT2D eigenvalue weighted by atomic mass is 16.6. The van der Waals surface area contributed by atoms with Gasteiger partial charge in [-0.1, -0.05) is 17.3 Å². The molecule has 0 aromatic heterocycles. The largest absolute Gasteiger partial charge is 0.493 e.